The summed E-state index contributed by atoms with van der Waals surface area (Å²) < 4.78 is 0. The van der Waals surface area contributed by atoms with Crippen LogP contribution in [-0.2, 0) is 0 Å². The van der Waals surface area contributed by atoms with Crippen molar-refractivity contribution < 1.29 is 0 Å². The molecule has 0 aliphatic heterocycles. The molecular formula is C11H26N2. The molecule has 80 valence electrons. The molecule has 1 N–H and O–H groups in total. The summed E-state index contributed by atoms with van der Waals surface area (Å²) in [5.74, 6) is 0. The molecule has 0 spiro atoms. The quantitative estimate of drug-likeness (QED) is 0.584. The van der Waals surface area contributed by atoms with E-state index in [0.29, 0.717) is 6.04 Å². The van der Waals surface area contributed by atoms with Gasteiger partial charge in [0.1, 0.15) is 0 Å². The summed E-state index contributed by atoms with van der Waals surface area (Å²) in [5.41, 5.74) is 0. The Morgan fingerprint density at radius 1 is 1.08 bits per heavy atom. The highest BCUT2D eigenvalue weighted by Gasteiger charge is 1.97. The molecule has 2 heteroatoms. The van der Waals surface area contributed by atoms with Gasteiger partial charge < -0.3 is 10.2 Å². The van der Waals surface area contributed by atoms with E-state index in [0.717, 1.165) is 0 Å². The Labute approximate surface area is 83.7 Å². The van der Waals surface area contributed by atoms with Crippen molar-refractivity contribution in [2.75, 3.05) is 26.2 Å². The Morgan fingerprint density at radius 2 is 1.69 bits per heavy atom. The van der Waals surface area contributed by atoms with Crippen LogP contribution in [0, 0.1) is 0 Å². The van der Waals surface area contributed by atoms with Crippen molar-refractivity contribution in [3.05, 3.63) is 0 Å². The summed E-state index contributed by atoms with van der Waals surface area (Å²) >= 11 is 0. The molecule has 0 atom stereocenters. The van der Waals surface area contributed by atoms with E-state index in [1.165, 1.54) is 39.0 Å². The van der Waals surface area contributed by atoms with Crippen molar-refractivity contribution in [1.82, 2.24) is 10.2 Å². The Morgan fingerprint density at radius 3 is 2.15 bits per heavy atom. The lowest BCUT2D eigenvalue weighted by Crippen LogP contribution is -2.27. The fourth-order valence-corrected chi connectivity index (χ4v) is 1.39. The van der Waals surface area contributed by atoms with Gasteiger partial charge >= 0.3 is 0 Å². The van der Waals surface area contributed by atoms with Crippen molar-refractivity contribution in [2.24, 2.45) is 0 Å². The molecule has 0 unspecified atom stereocenters. The average molecular weight is 186 g/mol. The smallest absolute Gasteiger partial charge is 0.00103 e. The molecule has 13 heavy (non-hydrogen) atoms. The molecule has 0 saturated carbocycles. The van der Waals surface area contributed by atoms with Gasteiger partial charge in [0.25, 0.3) is 0 Å². The summed E-state index contributed by atoms with van der Waals surface area (Å²) in [5, 5.41) is 3.44. The van der Waals surface area contributed by atoms with Crippen LogP contribution in [0.3, 0.4) is 0 Å². The molecule has 2 nitrogen and oxygen atoms in total. The summed E-state index contributed by atoms with van der Waals surface area (Å²) in [6, 6.07) is 0.633. The molecule has 0 aliphatic carbocycles. The fraction of sp³-hybridized carbons (Fsp3) is 1.00. The number of hydrogen-bond donors (Lipinski definition) is 1. The van der Waals surface area contributed by atoms with Gasteiger partial charge in [0.2, 0.25) is 0 Å². The van der Waals surface area contributed by atoms with Gasteiger partial charge in [-0.05, 0) is 39.0 Å². The lowest BCUT2D eigenvalue weighted by molar-refractivity contribution is 0.295. The Balaban J connectivity index is 3.14. The molecule has 0 bridgehead atoms. The molecule has 0 rings (SSSR count). The number of hydrogen-bond acceptors (Lipinski definition) is 2. The maximum absolute atomic E-state index is 3.44. The summed E-state index contributed by atoms with van der Waals surface area (Å²) in [4.78, 5) is 2.48. The van der Waals surface area contributed by atoms with Gasteiger partial charge in [0.05, 0.1) is 0 Å². The minimum Gasteiger partial charge on any atom is -0.315 e. The van der Waals surface area contributed by atoms with E-state index in [9.17, 15) is 0 Å². The second kappa shape index (κ2) is 8.52. The van der Waals surface area contributed by atoms with E-state index in [-0.39, 0.29) is 0 Å². The third kappa shape index (κ3) is 8.26. The maximum atomic E-state index is 3.44. The van der Waals surface area contributed by atoms with E-state index in [1.54, 1.807) is 0 Å². The number of nitrogens with zero attached hydrogens (tertiary/aromatic N) is 1. The Bertz CT molecular complexity index is 98.3. The predicted molar refractivity (Wildman–Crippen MR) is 60.2 cm³/mol. The highest BCUT2D eigenvalue weighted by atomic mass is 15.1. The van der Waals surface area contributed by atoms with Crippen molar-refractivity contribution >= 4 is 0 Å². The van der Waals surface area contributed by atoms with E-state index in [4.69, 9.17) is 0 Å². The molecule has 0 aromatic rings. The van der Waals surface area contributed by atoms with Gasteiger partial charge in [-0.15, -0.1) is 0 Å². The zero-order valence-corrected chi connectivity index (χ0v) is 9.77. The zero-order valence-electron chi connectivity index (χ0n) is 9.77. The predicted octanol–water partition coefficient (Wildman–Crippen LogP) is 2.11. The van der Waals surface area contributed by atoms with Crippen molar-refractivity contribution in [2.45, 2.75) is 46.6 Å². The monoisotopic (exact) mass is 186 g/mol. The Kier molecular flexibility index (Phi) is 8.46. The molecule has 0 aromatic carbocycles. The number of rotatable bonds is 8. The van der Waals surface area contributed by atoms with Gasteiger partial charge in [-0.25, -0.2) is 0 Å². The first-order valence-corrected chi connectivity index (χ1v) is 5.66. The minimum absolute atomic E-state index is 0.633. The highest BCUT2D eigenvalue weighted by molar-refractivity contribution is 4.56. The minimum atomic E-state index is 0.633. The van der Waals surface area contributed by atoms with Gasteiger partial charge in [-0.2, -0.15) is 0 Å². The summed E-state index contributed by atoms with van der Waals surface area (Å²) in [6.45, 7) is 13.7. The van der Waals surface area contributed by atoms with E-state index < -0.39 is 0 Å². The third-order valence-corrected chi connectivity index (χ3v) is 2.35. The lowest BCUT2D eigenvalue weighted by Gasteiger charge is -2.17. The van der Waals surface area contributed by atoms with Gasteiger partial charge in [0, 0.05) is 6.04 Å². The molecule has 0 aliphatic rings. The van der Waals surface area contributed by atoms with E-state index >= 15 is 0 Å². The molecule has 0 radical (unpaired) electrons. The Hall–Kier alpha value is -0.0800. The highest BCUT2D eigenvalue weighted by Crippen LogP contribution is 1.94. The molecule has 0 aromatic heterocycles. The summed E-state index contributed by atoms with van der Waals surface area (Å²) in [6.07, 6.45) is 2.62. The normalized spacial score (nSPS) is 11.5. The van der Waals surface area contributed by atoms with Crippen LogP contribution in [0.2, 0.25) is 0 Å². The molecule has 0 saturated heterocycles. The van der Waals surface area contributed by atoms with Crippen molar-refractivity contribution in [3.63, 3.8) is 0 Å². The second-order valence-electron chi connectivity index (χ2n) is 3.84. The van der Waals surface area contributed by atoms with Crippen LogP contribution >= 0.6 is 0 Å². The number of nitrogens with one attached hydrogen (secondary N) is 1. The first kappa shape index (κ1) is 12.9. The molecular weight excluding hydrogens is 160 g/mol. The first-order valence-electron chi connectivity index (χ1n) is 5.66. The lowest BCUT2D eigenvalue weighted by atomic mass is 10.2. The van der Waals surface area contributed by atoms with E-state index in [2.05, 4.69) is 37.9 Å². The topological polar surface area (TPSA) is 15.3 Å². The van der Waals surface area contributed by atoms with Gasteiger partial charge in [-0.1, -0.05) is 27.7 Å². The third-order valence-electron chi connectivity index (χ3n) is 2.35. The van der Waals surface area contributed by atoms with Gasteiger partial charge in [0.15, 0.2) is 0 Å². The first-order chi connectivity index (χ1) is 6.20. The van der Waals surface area contributed by atoms with Crippen LogP contribution in [-0.4, -0.2) is 37.1 Å². The fourth-order valence-electron chi connectivity index (χ4n) is 1.39. The van der Waals surface area contributed by atoms with Crippen LogP contribution in [0.25, 0.3) is 0 Å². The van der Waals surface area contributed by atoms with Gasteiger partial charge in [-0.3, -0.25) is 0 Å². The molecule has 0 fully saturated rings. The molecule has 0 heterocycles. The van der Waals surface area contributed by atoms with Crippen LogP contribution in [0.5, 0.6) is 0 Å². The van der Waals surface area contributed by atoms with Crippen LogP contribution in [0.1, 0.15) is 40.5 Å². The number of unbranched alkanes of at least 4 members (excludes halogenated alkanes) is 1. The van der Waals surface area contributed by atoms with Crippen LogP contribution in [0.4, 0.5) is 0 Å². The van der Waals surface area contributed by atoms with Crippen LogP contribution < -0.4 is 5.32 Å². The standard InChI is InChI=1S/C11H26N2/c1-5-13(6-2)10-8-7-9-12-11(3)4/h11-12H,5-10H2,1-4H3. The van der Waals surface area contributed by atoms with Crippen molar-refractivity contribution in [1.29, 1.82) is 0 Å². The van der Waals surface area contributed by atoms with Crippen LogP contribution in [0.15, 0.2) is 0 Å². The average Bonchev–Trinajstić information content (AvgIpc) is 2.11. The van der Waals surface area contributed by atoms with E-state index in [1.807, 2.05) is 0 Å². The molecule has 0 amide bonds. The SMILES string of the molecule is CCN(CC)CCCCNC(C)C. The second-order valence-corrected chi connectivity index (χ2v) is 3.84. The largest absolute Gasteiger partial charge is 0.315 e. The maximum Gasteiger partial charge on any atom is 0.00103 e. The zero-order chi connectivity index (χ0) is 10.1. The van der Waals surface area contributed by atoms with Crippen molar-refractivity contribution in [3.8, 4) is 0 Å². The summed E-state index contributed by atoms with van der Waals surface area (Å²) in [7, 11) is 0.